The van der Waals surface area contributed by atoms with Crippen LogP contribution in [0.5, 0.6) is 0 Å². The van der Waals surface area contributed by atoms with E-state index >= 15 is 0 Å². The third-order valence-electron chi connectivity index (χ3n) is 2.57. The van der Waals surface area contributed by atoms with Crippen molar-refractivity contribution in [2.24, 2.45) is 0 Å². The molecule has 3 nitrogen and oxygen atoms in total. The zero-order valence-electron chi connectivity index (χ0n) is 8.01. The molecule has 3 rings (SSSR count). The Bertz CT molecular complexity index is 528. The Morgan fingerprint density at radius 2 is 2.00 bits per heavy atom. The second-order valence-electron chi connectivity index (χ2n) is 3.46. The Morgan fingerprint density at radius 3 is 2.93 bits per heavy atom. The van der Waals surface area contributed by atoms with E-state index in [4.69, 9.17) is 4.74 Å². The Balaban J connectivity index is 2.32. The van der Waals surface area contributed by atoms with Crippen molar-refractivity contribution < 1.29 is 9.53 Å². The number of aromatic nitrogens is 1. The summed E-state index contributed by atoms with van der Waals surface area (Å²) in [6, 6.07) is 11.4. The topological polar surface area (TPSA) is 31.2 Å². The largest absolute Gasteiger partial charge is 0.456 e. The van der Waals surface area contributed by atoms with Gasteiger partial charge in [-0.05, 0) is 24.3 Å². The molecule has 0 saturated carbocycles. The van der Waals surface area contributed by atoms with Crippen molar-refractivity contribution in [3.8, 4) is 5.69 Å². The minimum absolute atomic E-state index is 0.255. The maximum atomic E-state index is 11.6. The minimum Gasteiger partial charge on any atom is -0.456 e. The lowest BCUT2D eigenvalue weighted by Crippen LogP contribution is -2.03. The number of fused-ring (bicyclic) bond motifs is 3. The molecule has 1 aliphatic heterocycles. The Labute approximate surface area is 86.9 Å². The van der Waals surface area contributed by atoms with Crippen LogP contribution in [0.1, 0.15) is 16.1 Å². The van der Waals surface area contributed by atoms with Gasteiger partial charge in [-0.25, -0.2) is 4.79 Å². The number of carbonyl (C=O) groups excluding carboxylic acids is 1. The molecule has 0 atom stereocenters. The maximum absolute atomic E-state index is 11.6. The van der Waals surface area contributed by atoms with Crippen molar-refractivity contribution in [3.05, 3.63) is 53.9 Å². The first kappa shape index (κ1) is 8.29. The number of hydrogen-bond acceptors (Lipinski definition) is 2. The molecule has 1 aromatic heterocycles. The lowest BCUT2D eigenvalue weighted by atomic mass is 10.2. The van der Waals surface area contributed by atoms with E-state index in [1.165, 1.54) is 0 Å². The van der Waals surface area contributed by atoms with Crippen LogP contribution in [0.25, 0.3) is 5.69 Å². The average Bonchev–Trinajstić information content (AvgIpc) is 2.69. The van der Waals surface area contributed by atoms with E-state index in [2.05, 4.69) is 0 Å². The van der Waals surface area contributed by atoms with Crippen molar-refractivity contribution in [1.29, 1.82) is 0 Å². The van der Waals surface area contributed by atoms with E-state index in [0.29, 0.717) is 12.2 Å². The number of ether oxygens (including phenoxy) is 1. The van der Waals surface area contributed by atoms with E-state index in [0.717, 1.165) is 11.4 Å². The van der Waals surface area contributed by atoms with Crippen LogP contribution in [0.3, 0.4) is 0 Å². The summed E-state index contributed by atoms with van der Waals surface area (Å²) in [7, 11) is 0. The molecule has 0 fully saturated rings. The highest BCUT2D eigenvalue weighted by molar-refractivity contribution is 5.94. The fourth-order valence-electron chi connectivity index (χ4n) is 1.84. The first-order valence-corrected chi connectivity index (χ1v) is 4.79. The van der Waals surface area contributed by atoms with Gasteiger partial charge < -0.3 is 9.30 Å². The molecule has 0 N–H and O–H groups in total. The monoisotopic (exact) mass is 199 g/mol. The molecule has 0 saturated heterocycles. The van der Waals surface area contributed by atoms with E-state index in [9.17, 15) is 4.79 Å². The van der Waals surface area contributed by atoms with Crippen molar-refractivity contribution in [1.82, 2.24) is 4.57 Å². The van der Waals surface area contributed by atoms with Gasteiger partial charge in [-0.15, -0.1) is 0 Å². The number of benzene rings is 1. The molecular weight excluding hydrogens is 190 g/mol. The van der Waals surface area contributed by atoms with Crippen LogP contribution in [0.4, 0.5) is 0 Å². The van der Waals surface area contributed by atoms with Gasteiger partial charge in [0.1, 0.15) is 6.61 Å². The average molecular weight is 199 g/mol. The van der Waals surface area contributed by atoms with Crippen LogP contribution in [-0.2, 0) is 11.3 Å². The quantitative estimate of drug-likeness (QED) is 0.609. The first-order chi connectivity index (χ1) is 7.36. The Hall–Kier alpha value is -2.03. The van der Waals surface area contributed by atoms with Gasteiger partial charge in [-0.1, -0.05) is 12.1 Å². The van der Waals surface area contributed by atoms with Crippen LogP contribution in [0, 0.1) is 0 Å². The van der Waals surface area contributed by atoms with Crippen LogP contribution in [-0.4, -0.2) is 10.5 Å². The van der Waals surface area contributed by atoms with E-state index in [1.54, 1.807) is 6.07 Å². The lowest BCUT2D eigenvalue weighted by Gasteiger charge is -2.05. The smallest absolute Gasteiger partial charge is 0.340 e. The number of hydrogen-bond donors (Lipinski definition) is 0. The number of cyclic esters (lactones) is 1. The molecule has 0 bridgehead atoms. The third kappa shape index (κ3) is 1.16. The molecule has 2 aromatic rings. The molecule has 0 amide bonds. The molecule has 2 heterocycles. The third-order valence-corrected chi connectivity index (χ3v) is 2.57. The highest BCUT2D eigenvalue weighted by Gasteiger charge is 2.19. The fourth-order valence-corrected chi connectivity index (χ4v) is 1.84. The molecule has 1 aromatic carbocycles. The zero-order valence-corrected chi connectivity index (χ0v) is 8.01. The minimum atomic E-state index is -0.255. The highest BCUT2D eigenvalue weighted by atomic mass is 16.5. The van der Waals surface area contributed by atoms with Gasteiger partial charge >= 0.3 is 5.97 Å². The van der Waals surface area contributed by atoms with Gasteiger partial charge in [0.05, 0.1) is 16.9 Å². The summed E-state index contributed by atoms with van der Waals surface area (Å²) in [5.41, 5.74) is 2.50. The number of carbonyl (C=O) groups is 1. The number of esters is 1. The molecule has 0 unspecified atom stereocenters. The van der Waals surface area contributed by atoms with Gasteiger partial charge in [0.15, 0.2) is 0 Å². The summed E-state index contributed by atoms with van der Waals surface area (Å²) in [6.45, 7) is 0.334. The van der Waals surface area contributed by atoms with Gasteiger partial charge in [-0.3, -0.25) is 0 Å². The second kappa shape index (κ2) is 2.98. The van der Waals surface area contributed by atoms with E-state index in [-0.39, 0.29) is 5.97 Å². The van der Waals surface area contributed by atoms with E-state index in [1.807, 2.05) is 41.1 Å². The van der Waals surface area contributed by atoms with Crippen molar-refractivity contribution in [3.63, 3.8) is 0 Å². The standard InChI is InChI=1S/C12H9NO2/c14-12-10-5-1-2-6-11(10)13-7-3-4-9(13)8-15-12/h1-7H,8H2. The van der Waals surface area contributed by atoms with Crippen LogP contribution >= 0.6 is 0 Å². The first-order valence-electron chi connectivity index (χ1n) is 4.79. The second-order valence-corrected chi connectivity index (χ2v) is 3.46. The molecule has 3 heteroatoms. The summed E-state index contributed by atoms with van der Waals surface area (Å²) in [5, 5.41) is 0. The predicted octanol–water partition coefficient (Wildman–Crippen LogP) is 2.15. The summed E-state index contributed by atoms with van der Waals surface area (Å²) >= 11 is 0. The van der Waals surface area contributed by atoms with Crippen LogP contribution in [0.2, 0.25) is 0 Å². The molecule has 0 aliphatic carbocycles. The van der Waals surface area contributed by atoms with Gasteiger partial charge in [-0.2, -0.15) is 0 Å². The van der Waals surface area contributed by atoms with Gasteiger partial charge in [0.25, 0.3) is 0 Å². The fraction of sp³-hybridized carbons (Fsp3) is 0.0833. The number of rotatable bonds is 0. The molecule has 1 aliphatic rings. The zero-order chi connectivity index (χ0) is 10.3. The predicted molar refractivity (Wildman–Crippen MR) is 54.9 cm³/mol. The lowest BCUT2D eigenvalue weighted by molar-refractivity contribution is 0.0476. The van der Waals surface area contributed by atoms with Crippen LogP contribution in [0.15, 0.2) is 42.6 Å². The SMILES string of the molecule is O=C1OCc2cccn2-c2ccccc21. The van der Waals surface area contributed by atoms with Crippen molar-refractivity contribution >= 4 is 5.97 Å². The van der Waals surface area contributed by atoms with Gasteiger partial charge in [0, 0.05) is 6.20 Å². The molecule has 74 valence electrons. The highest BCUT2D eigenvalue weighted by Crippen LogP contribution is 2.22. The Morgan fingerprint density at radius 1 is 1.13 bits per heavy atom. The molecular formula is C12H9NO2. The molecule has 0 radical (unpaired) electrons. The summed E-state index contributed by atoms with van der Waals surface area (Å²) in [6.07, 6.45) is 1.94. The Kier molecular flexibility index (Phi) is 1.65. The number of nitrogens with zero attached hydrogens (tertiary/aromatic N) is 1. The number of para-hydroxylation sites is 1. The van der Waals surface area contributed by atoms with Crippen molar-refractivity contribution in [2.45, 2.75) is 6.61 Å². The van der Waals surface area contributed by atoms with Gasteiger partial charge in [0.2, 0.25) is 0 Å². The maximum Gasteiger partial charge on any atom is 0.340 e. The molecule has 0 spiro atoms. The van der Waals surface area contributed by atoms with Crippen LogP contribution < -0.4 is 0 Å². The van der Waals surface area contributed by atoms with E-state index < -0.39 is 0 Å². The summed E-state index contributed by atoms with van der Waals surface area (Å²) in [4.78, 5) is 11.6. The summed E-state index contributed by atoms with van der Waals surface area (Å²) in [5.74, 6) is -0.255. The van der Waals surface area contributed by atoms with Crippen molar-refractivity contribution in [2.75, 3.05) is 0 Å². The molecule has 15 heavy (non-hydrogen) atoms. The normalized spacial score (nSPS) is 13.7. The summed E-state index contributed by atoms with van der Waals surface area (Å²) < 4.78 is 7.14.